The molecule has 114 valence electrons. The summed E-state index contributed by atoms with van der Waals surface area (Å²) in [5, 5.41) is 3.29. The van der Waals surface area contributed by atoms with Gasteiger partial charge in [-0.25, -0.2) is 9.97 Å². The number of rotatable bonds is 8. The van der Waals surface area contributed by atoms with E-state index in [-0.39, 0.29) is 0 Å². The molecular formula is C15H29N5. The molecule has 0 amide bonds. The van der Waals surface area contributed by atoms with Gasteiger partial charge in [-0.1, -0.05) is 13.8 Å². The van der Waals surface area contributed by atoms with Gasteiger partial charge in [0.15, 0.2) is 0 Å². The molecule has 1 rings (SSSR count). The third-order valence-corrected chi connectivity index (χ3v) is 3.09. The van der Waals surface area contributed by atoms with Gasteiger partial charge >= 0.3 is 0 Å². The van der Waals surface area contributed by atoms with Crippen molar-refractivity contribution in [2.45, 2.75) is 33.1 Å². The van der Waals surface area contributed by atoms with Gasteiger partial charge in [0.05, 0.1) is 0 Å². The topological polar surface area (TPSA) is 44.3 Å². The first-order chi connectivity index (χ1) is 9.43. The highest BCUT2D eigenvalue weighted by molar-refractivity contribution is 5.49. The number of aromatic nitrogens is 2. The fourth-order valence-corrected chi connectivity index (χ4v) is 1.92. The van der Waals surface area contributed by atoms with Crippen molar-refractivity contribution in [2.24, 2.45) is 0 Å². The molecule has 1 N–H and O–H groups in total. The van der Waals surface area contributed by atoms with Crippen LogP contribution in [0.15, 0.2) is 6.07 Å². The number of hydrogen-bond acceptors (Lipinski definition) is 5. The Bertz CT molecular complexity index is 403. The maximum Gasteiger partial charge on any atom is 0.135 e. The van der Waals surface area contributed by atoms with E-state index >= 15 is 0 Å². The van der Waals surface area contributed by atoms with Crippen molar-refractivity contribution in [1.82, 2.24) is 14.9 Å². The molecule has 20 heavy (non-hydrogen) atoms. The second-order valence-electron chi connectivity index (χ2n) is 5.73. The maximum atomic E-state index is 4.67. The van der Waals surface area contributed by atoms with Crippen LogP contribution in [0.25, 0.3) is 0 Å². The standard InChI is InChI=1S/C15H29N5/c1-7-16-13-11-14(18-15(17-13)12(2)3)20(6)10-8-9-19(4)5/h11-12H,7-10H2,1-6H3,(H,16,17,18). The minimum Gasteiger partial charge on any atom is -0.370 e. The van der Waals surface area contributed by atoms with E-state index in [9.17, 15) is 0 Å². The SMILES string of the molecule is CCNc1cc(N(C)CCCN(C)C)nc(C(C)C)n1. The van der Waals surface area contributed by atoms with E-state index in [4.69, 9.17) is 0 Å². The van der Waals surface area contributed by atoms with E-state index in [1.807, 2.05) is 6.07 Å². The summed E-state index contributed by atoms with van der Waals surface area (Å²) in [6, 6.07) is 2.03. The van der Waals surface area contributed by atoms with Crippen molar-refractivity contribution >= 4 is 11.6 Å². The van der Waals surface area contributed by atoms with E-state index < -0.39 is 0 Å². The Morgan fingerprint density at radius 2 is 1.85 bits per heavy atom. The van der Waals surface area contributed by atoms with Crippen molar-refractivity contribution in [3.05, 3.63) is 11.9 Å². The molecule has 0 spiro atoms. The molecule has 0 saturated carbocycles. The largest absolute Gasteiger partial charge is 0.370 e. The fourth-order valence-electron chi connectivity index (χ4n) is 1.92. The minimum atomic E-state index is 0.336. The number of nitrogens with one attached hydrogen (secondary N) is 1. The van der Waals surface area contributed by atoms with Crippen LogP contribution in [-0.4, -0.2) is 55.6 Å². The molecule has 0 fully saturated rings. The highest BCUT2D eigenvalue weighted by atomic mass is 15.2. The zero-order chi connectivity index (χ0) is 15.1. The van der Waals surface area contributed by atoms with E-state index in [2.05, 4.69) is 67.0 Å². The minimum absolute atomic E-state index is 0.336. The lowest BCUT2D eigenvalue weighted by Crippen LogP contribution is -2.24. The summed E-state index contributed by atoms with van der Waals surface area (Å²) < 4.78 is 0. The third-order valence-electron chi connectivity index (χ3n) is 3.09. The Hall–Kier alpha value is -1.36. The Morgan fingerprint density at radius 1 is 1.15 bits per heavy atom. The Kier molecular flexibility index (Phi) is 6.71. The van der Waals surface area contributed by atoms with E-state index in [1.54, 1.807) is 0 Å². The van der Waals surface area contributed by atoms with Crippen LogP contribution in [0, 0.1) is 0 Å². The molecule has 0 radical (unpaired) electrons. The quantitative estimate of drug-likeness (QED) is 0.792. The zero-order valence-corrected chi connectivity index (χ0v) is 13.8. The predicted octanol–water partition coefficient (Wildman–Crippen LogP) is 2.42. The molecule has 5 heteroatoms. The van der Waals surface area contributed by atoms with Crippen LogP contribution in [0.1, 0.15) is 38.9 Å². The first-order valence-corrected chi connectivity index (χ1v) is 7.42. The summed E-state index contributed by atoms with van der Waals surface area (Å²) in [7, 11) is 6.30. The normalized spacial score (nSPS) is 11.2. The van der Waals surface area contributed by atoms with Crippen LogP contribution in [0.5, 0.6) is 0 Å². The summed E-state index contributed by atoms with van der Waals surface area (Å²) in [6.45, 7) is 9.29. The van der Waals surface area contributed by atoms with Crippen LogP contribution < -0.4 is 10.2 Å². The lowest BCUT2D eigenvalue weighted by molar-refractivity contribution is 0.401. The van der Waals surface area contributed by atoms with Crippen molar-refractivity contribution in [3.8, 4) is 0 Å². The Morgan fingerprint density at radius 3 is 2.40 bits per heavy atom. The smallest absolute Gasteiger partial charge is 0.135 e. The van der Waals surface area contributed by atoms with Crippen molar-refractivity contribution in [3.63, 3.8) is 0 Å². The summed E-state index contributed by atoms with van der Waals surface area (Å²) in [5.74, 6) is 3.15. The lowest BCUT2D eigenvalue weighted by Gasteiger charge is -2.21. The number of hydrogen-bond donors (Lipinski definition) is 1. The molecule has 0 aliphatic rings. The van der Waals surface area contributed by atoms with E-state index in [0.717, 1.165) is 43.5 Å². The predicted molar refractivity (Wildman–Crippen MR) is 86.7 cm³/mol. The maximum absolute atomic E-state index is 4.67. The van der Waals surface area contributed by atoms with E-state index in [1.165, 1.54) is 0 Å². The average Bonchev–Trinajstić information content (AvgIpc) is 2.38. The first kappa shape index (κ1) is 16.7. The van der Waals surface area contributed by atoms with Crippen LogP contribution in [0.2, 0.25) is 0 Å². The second kappa shape index (κ2) is 8.04. The van der Waals surface area contributed by atoms with Gasteiger partial charge in [0.25, 0.3) is 0 Å². The number of nitrogens with zero attached hydrogens (tertiary/aromatic N) is 4. The Labute approximate surface area is 123 Å². The van der Waals surface area contributed by atoms with E-state index in [0.29, 0.717) is 5.92 Å². The molecule has 0 aliphatic heterocycles. The number of anilines is 2. The molecular weight excluding hydrogens is 250 g/mol. The molecule has 0 atom stereocenters. The first-order valence-electron chi connectivity index (χ1n) is 7.42. The van der Waals surface area contributed by atoms with Gasteiger partial charge in [-0.15, -0.1) is 0 Å². The molecule has 1 heterocycles. The monoisotopic (exact) mass is 279 g/mol. The molecule has 0 bridgehead atoms. The van der Waals surface area contributed by atoms with Gasteiger partial charge in [0.1, 0.15) is 17.5 Å². The molecule has 1 aromatic rings. The zero-order valence-electron chi connectivity index (χ0n) is 13.8. The summed E-state index contributed by atoms with van der Waals surface area (Å²) >= 11 is 0. The molecule has 0 unspecified atom stereocenters. The van der Waals surface area contributed by atoms with Gasteiger partial charge in [0.2, 0.25) is 0 Å². The molecule has 1 aromatic heterocycles. The van der Waals surface area contributed by atoms with Crippen LogP contribution in [0.4, 0.5) is 11.6 Å². The summed E-state index contributed by atoms with van der Waals surface area (Å²) in [4.78, 5) is 13.6. The van der Waals surface area contributed by atoms with Gasteiger partial charge in [-0.3, -0.25) is 0 Å². The van der Waals surface area contributed by atoms with Gasteiger partial charge in [-0.05, 0) is 34.0 Å². The highest BCUT2D eigenvalue weighted by Gasteiger charge is 2.10. The second-order valence-corrected chi connectivity index (χ2v) is 5.73. The van der Waals surface area contributed by atoms with Crippen LogP contribution in [0.3, 0.4) is 0 Å². The Balaban J connectivity index is 2.80. The molecule has 5 nitrogen and oxygen atoms in total. The molecule has 0 aliphatic carbocycles. The molecule has 0 saturated heterocycles. The third kappa shape index (κ3) is 5.33. The summed E-state index contributed by atoms with van der Waals surface area (Å²) in [5.41, 5.74) is 0. The average molecular weight is 279 g/mol. The van der Waals surface area contributed by atoms with Crippen LogP contribution >= 0.6 is 0 Å². The summed E-state index contributed by atoms with van der Waals surface area (Å²) in [6.07, 6.45) is 1.13. The van der Waals surface area contributed by atoms with Crippen molar-refractivity contribution < 1.29 is 0 Å². The fraction of sp³-hybridized carbons (Fsp3) is 0.733. The van der Waals surface area contributed by atoms with Crippen LogP contribution in [-0.2, 0) is 0 Å². The lowest BCUT2D eigenvalue weighted by atomic mass is 10.2. The molecule has 0 aromatic carbocycles. The van der Waals surface area contributed by atoms with Gasteiger partial charge in [-0.2, -0.15) is 0 Å². The highest BCUT2D eigenvalue weighted by Crippen LogP contribution is 2.19. The van der Waals surface area contributed by atoms with Crippen molar-refractivity contribution in [1.29, 1.82) is 0 Å². The van der Waals surface area contributed by atoms with Gasteiger partial charge in [0, 0.05) is 32.1 Å². The van der Waals surface area contributed by atoms with Gasteiger partial charge < -0.3 is 15.1 Å². The van der Waals surface area contributed by atoms with Crippen molar-refractivity contribution in [2.75, 3.05) is 51.0 Å².